The molecule has 0 N–H and O–H groups in total. The smallest absolute Gasteiger partial charge is 0.185 e. The molecule has 2 heterocycles. The standard InChI is InChI=1S/C7H9ClN2S/c8-6-1-3-10(5-6)7-9-2-4-11-7/h2,4,6H,1,3,5H2. The van der Waals surface area contributed by atoms with E-state index in [1.165, 1.54) is 0 Å². The van der Waals surface area contributed by atoms with Gasteiger partial charge in [0.25, 0.3) is 0 Å². The highest BCUT2D eigenvalue weighted by atomic mass is 35.5. The first-order valence-corrected chi connectivity index (χ1v) is 4.96. The van der Waals surface area contributed by atoms with E-state index >= 15 is 0 Å². The van der Waals surface area contributed by atoms with Crippen molar-refractivity contribution in [3.8, 4) is 0 Å². The lowest BCUT2D eigenvalue weighted by atomic mass is 10.4. The zero-order valence-corrected chi connectivity index (χ0v) is 7.61. The molecule has 2 nitrogen and oxygen atoms in total. The summed E-state index contributed by atoms with van der Waals surface area (Å²) < 4.78 is 0. The molecule has 1 unspecified atom stereocenters. The monoisotopic (exact) mass is 188 g/mol. The van der Waals surface area contributed by atoms with Crippen molar-refractivity contribution in [2.24, 2.45) is 0 Å². The minimum Gasteiger partial charge on any atom is -0.347 e. The van der Waals surface area contributed by atoms with Crippen molar-refractivity contribution in [1.82, 2.24) is 4.98 Å². The summed E-state index contributed by atoms with van der Waals surface area (Å²) in [4.78, 5) is 6.46. The van der Waals surface area contributed by atoms with Gasteiger partial charge in [0.2, 0.25) is 0 Å². The Hall–Kier alpha value is -0.280. The second-order valence-corrected chi connectivity index (χ2v) is 4.14. The van der Waals surface area contributed by atoms with E-state index in [2.05, 4.69) is 9.88 Å². The van der Waals surface area contributed by atoms with Crippen molar-refractivity contribution >= 4 is 28.1 Å². The van der Waals surface area contributed by atoms with Crippen molar-refractivity contribution in [2.45, 2.75) is 11.8 Å². The van der Waals surface area contributed by atoms with E-state index in [1.807, 2.05) is 11.6 Å². The van der Waals surface area contributed by atoms with Crippen LogP contribution in [0.3, 0.4) is 0 Å². The number of nitrogens with zero attached hydrogens (tertiary/aromatic N) is 2. The van der Waals surface area contributed by atoms with Gasteiger partial charge in [-0.2, -0.15) is 0 Å². The molecule has 11 heavy (non-hydrogen) atoms. The van der Waals surface area contributed by atoms with Gasteiger partial charge < -0.3 is 4.90 Å². The van der Waals surface area contributed by atoms with Crippen molar-refractivity contribution in [1.29, 1.82) is 0 Å². The second kappa shape index (κ2) is 2.99. The zero-order chi connectivity index (χ0) is 7.68. The van der Waals surface area contributed by atoms with Crippen LogP contribution in [0.1, 0.15) is 6.42 Å². The van der Waals surface area contributed by atoms with Gasteiger partial charge in [0.05, 0.1) is 5.38 Å². The van der Waals surface area contributed by atoms with Crippen LogP contribution in [0.5, 0.6) is 0 Å². The molecule has 2 rings (SSSR count). The number of anilines is 1. The Morgan fingerprint density at radius 1 is 1.73 bits per heavy atom. The Bertz CT molecular complexity index is 224. The third-order valence-corrected chi connectivity index (χ3v) is 3.01. The van der Waals surface area contributed by atoms with Crippen molar-refractivity contribution < 1.29 is 0 Å². The molecule has 0 saturated carbocycles. The fourth-order valence-corrected chi connectivity index (χ4v) is 2.21. The first-order valence-electron chi connectivity index (χ1n) is 3.65. The van der Waals surface area contributed by atoms with Gasteiger partial charge >= 0.3 is 0 Å². The Labute approximate surface area is 74.8 Å². The van der Waals surface area contributed by atoms with Crippen LogP contribution in [0, 0.1) is 0 Å². The number of halogens is 1. The summed E-state index contributed by atoms with van der Waals surface area (Å²) in [6, 6.07) is 0. The van der Waals surface area contributed by atoms with E-state index in [0.29, 0.717) is 5.38 Å². The average Bonchev–Trinajstić information content (AvgIpc) is 2.55. The van der Waals surface area contributed by atoms with Crippen molar-refractivity contribution in [3.05, 3.63) is 11.6 Å². The van der Waals surface area contributed by atoms with Crippen LogP contribution in [-0.4, -0.2) is 23.5 Å². The Kier molecular flexibility index (Phi) is 2.00. The lowest BCUT2D eigenvalue weighted by Crippen LogP contribution is -2.19. The molecule has 1 aliphatic rings. The van der Waals surface area contributed by atoms with Crippen LogP contribution in [0.2, 0.25) is 0 Å². The molecule has 1 atom stereocenters. The molecule has 0 spiro atoms. The molecule has 1 aliphatic heterocycles. The lowest BCUT2D eigenvalue weighted by molar-refractivity contribution is 0.956. The Morgan fingerprint density at radius 3 is 3.18 bits per heavy atom. The summed E-state index contributed by atoms with van der Waals surface area (Å²) in [5.41, 5.74) is 0. The molecule has 60 valence electrons. The Morgan fingerprint density at radius 2 is 2.64 bits per heavy atom. The second-order valence-electron chi connectivity index (χ2n) is 2.65. The first-order chi connectivity index (χ1) is 5.36. The van der Waals surface area contributed by atoms with E-state index in [4.69, 9.17) is 11.6 Å². The maximum Gasteiger partial charge on any atom is 0.185 e. The normalized spacial score (nSPS) is 24.5. The van der Waals surface area contributed by atoms with Gasteiger partial charge in [0, 0.05) is 24.7 Å². The topological polar surface area (TPSA) is 16.1 Å². The third kappa shape index (κ3) is 1.49. The largest absolute Gasteiger partial charge is 0.347 e. The maximum atomic E-state index is 5.96. The molecule has 1 aromatic heterocycles. The van der Waals surface area contributed by atoms with Crippen LogP contribution >= 0.6 is 22.9 Å². The SMILES string of the molecule is ClC1CCN(c2nccs2)C1. The molecule has 0 aromatic carbocycles. The summed E-state index contributed by atoms with van der Waals surface area (Å²) in [7, 11) is 0. The van der Waals surface area contributed by atoms with Crippen LogP contribution in [0.4, 0.5) is 5.13 Å². The quantitative estimate of drug-likeness (QED) is 0.627. The number of aromatic nitrogens is 1. The predicted molar refractivity (Wildman–Crippen MR) is 48.6 cm³/mol. The van der Waals surface area contributed by atoms with Crippen LogP contribution in [-0.2, 0) is 0 Å². The van der Waals surface area contributed by atoms with Gasteiger partial charge in [0.15, 0.2) is 5.13 Å². The maximum absolute atomic E-state index is 5.96. The summed E-state index contributed by atoms with van der Waals surface area (Å²) in [6.45, 7) is 2.01. The predicted octanol–water partition coefficient (Wildman–Crippen LogP) is 1.96. The van der Waals surface area contributed by atoms with Crippen molar-refractivity contribution in [3.63, 3.8) is 0 Å². The van der Waals surface area contributed by atoms with Crippen LogP contribution < -0.4 is 4.90 Å². The number of hydrogen-bond donors (Lipinski definition) is 0. The molecule has 0 amide bonds. The molecule has 0 bridgehead atoms. The number of hydrogen-bond acceptors (Lipinski definition) is 3. The molecule has 4 heteroatoms. The van der Waals surface area contributed by atoms with Gasteiger partial charge in [0.1, 0.15) is 0 Å². The van der Waals surface area contributed by atoms with Crippen LogP contribution in [0.25, 0.3) is 0 Å². The average molecular weight is 189 g/mol. The van der Waals surface area contributed by atoms with E-state index in [-0.39, 0.29) is 0 Å². The molecular formula is C7H9ClN2S. The van der Waals surface area contributed by atoms with E-state index < -0.39 is 0 Å². The summed E-state index contributed by atoms with van der Waals surface area (Å²) in [5.74, 6) is 0. The fourth-order valence-electron chi connectivity index (χ4n) is 1.26. The number of thiazole rings is 1. The summed E-state index contributed by atoms with van der Waals surface area (Å²) in [5, 5.41) is 3.42. The number of rotatable bonds is 1. The molecule has 0 radical (unpaired) electrons. The molecule has 1 aromatic rings. The molecule has 0 aliphatic carbocycles. The van der Waals surface area contributed by atoms with Gasteiger partial charge in [-0.1, -0.05) is 0 Å². The minimum atomic E-state index is 0.318. The fraction of sp³-hybridized carbons (Fsp3) is 0.571. The summed E-state index contributed by atoms with van der Waals surface area (Å²) >= 11 is 7.64. The highest BCUT2D eigenvalue weighted by Crippen LogP contribution is 2.24. The molecule has 1 saturated heterocycles. The first kappa shape index (κ1) is 7.37. The molecule has 1 fully saturated rings. The van der Waals surface area contributed by atoms with E-state index in [9.17, 15) is 0 Å². The molecular weight excluding hydrogens is 180 g/mol. The minimum absolute atomic E-state index is 0.318. The lowest BCUT2D eigenvalue weighted by Gasteiger charge is -2.12. The highest BCUT2D eigenvalue weighted by molar-refractivity contribution is 7.13. The van der Waals surface area contributed by atoms with Gasteiger partial charge in [-0.05, 0) is 6.42 Å². The van der Waals surface area contributed by atoms with E-state index in [0.717, 1.165) is 24.6 Å². The van der Waals surface area contributed by atoms with Gasteiger partial charge in [-0.25, -0.2) is 4.98 Å². The van der Waals surface area contributed by atoms with Gasteiger partial charge in [-0.3, -0.25) is 0 Å². The summed E-state index contributed by atoms with van der Waals surface area (Å²) in [6.07, 6.45) is 2.92. The van der Waals surface area contributed by atoms with E-state index in [1.54, 1.807) is 11.3 Å². The zero-order valence-electron chi connectivity index (χ0n) is 6.03. The van der Waals surface area contributed by atoms with Crippen molar-refractivity contribution in [2.75, 3.05) is 18.0 Å². The Balaban J connectivity index is 2.08. The van der Waals surface area contributed by atoms with Crippen LogP contribution in [0.15, 0.2) is 11.6 Å². The number of alkyl halides is 1. The highest BCUT2D eigenvalue weighted by Gasteiger charge is 2.21. The van der Waals surface area contributed by atoms with Gasteiger partial charge in [-0.15, -0.1) is 22.9 Å². The third-order valence-electron chi connectivity index (χ3n) is 1.82.